The summed E-state index contributed by atoms with van der Waals surface area (Å²) in [7, 11) is 0. The Kier molecular flexibility index (Phi) is 6.20. The Bertz CT molecular complexity index is 457. The quantitative estimate of drug-likeness (QED) is 0.747. The van der Waals surface area contributed by atoms with Crippen molar-refractivity contribution in [2.45, 2.75) is 31.4 Å². The third kappa shape index (κ3) is 3.82. The average molecular weight is 318 g/mol. The molecule has 6 heteroatoms. The minimum atomic E-state index is -0.671. The summed E-state index contributed by atoms with van der Waals surface area (Å²) >= 11 is 6.43. The van der Waals surface area contributed by atoms with Gasteiger partial charge in [-0.15, -0.1) is 0 Å². The van der Waals surface area contributed by atoms with Crippen molar-refractivity contribution in [2.24, 2.45) is 5.73 Å². The van der Waals surface area contributed by atoms with Gasteiger partial charge in [-0.1, -0.05) is 26.1 Å². The van der Waals surface area contributed by atoms with Crippen molar-refractivity contribution >= 4 is 34.7 Å². The van der Waals surface area contributed by atoms with Crippen LogP contribution in [-0.2, 0) is 0 Å². The molecule has 0 unspecified atom stereocenters. The van der Waals surface area contributed by atoms with Crippen LogP contribution in [0.1, 0.15) is 32.3 Å². The second-order valence-corrected chi connectivity index (χ2v) is 6.34. The van der Waals surface area contributed by atoms with Gasteiger partial charge in [0.1, 0.15) is 22.3 Å². The molecule has 0 atom stereocenters. The van der Waals surface area contributed by atoms with Gasteiger partial charge in [0.2, 0.25) is 0 Å². The second-order valence-electron chi connectivity index (χ2n) is 4.63. The van der Waals surface area contributed by atoms with Crippen LogP contribution in [0.3, 0.4) is 0 Å². The average Bonchev–Trinajstić information content (AvgIpc) is 2.42. The van der Waals surface area contributed by atoms with E-state index in [1.807, 2.05) is 6.26 Å². The Morgan fingerprint density at radius 3 is 2.15 bits per heavy atom. The number of hydrogen-bond donors (Lipinski definition) is 2. The van der Waals surface area contributed by atoms with Crippen molar-refractivity contribution in [3.63, 3.8) is 0 Å². The summed E-state index contributed by atoms with van der Waals surface area (Å²) in [5.41, 5.74) is 5.46. The van der Waals surface area contributed by atoms with Gasteiger partial charge in [0.25, 0.3) is 0 Å². The zero-order valence-corrected chi connectivity index (χ0v) is 13.6. The van der Waals surface area contributed by atoms with E-state index in [1.54, 1.807) is 11.8 Å². The maximum absolute atomic E-state index is 13.9. The van der Waals surface area contributed by atoms with Crippen LogP contribution >= 0.6 is 24.0 Å². The highest BCUT2D eigenvalue weighted by atomic mass is 32.2. The minimum Gasteiger partial charge on any atom is -0.389 e. The summed E-state index contributed by atoms with van der Waals surface area (Å²) in [5.74, 6) is -1.34. The number of hydrogen-bond acceptors (Lipinski definition) is 3. The summed E-state index contributed by atoms with van der Waals surface area (Å²) in [4.78, 5) is -0.0186. The number of nitrogens with one attached hydrogen (secondary N) is 1. The molecule has 20 heavy (non-hydrogen) atoms. The molecule has 1 aromatic rings. The van der Waals surface area contributed by atoms with Crippen molar-refractivity contribution < 1.29 is 8.78 Å². The minimum absolute atomic E-state index is 0.0186. The lowest BCUT2D eigenvalue weighted by Gasteiger charge is -2.30. The van der Waals surface area contributed by atoms with Gasteiger partial charge in [-0.3, -0.25) is 0 Å². The van der Waals surface area contributed by atoms with Gasteiger partial charge in [0.15, 0.2) is 0 Å². The molecule has 0 saturated heterocycles. The van der Waals surface area contributed by atoms with Crippen LogP contribution in [0.4, 0.5) is 14.5 Å². The van der Waals surface area contributed by atoms with E-state index >= 15 is 0 Å². The molecule has 0 aliphatic rings. The fourth-order valence-electron chi connectivity index (χ4n) is 1.99. The number of rotatable bonds is 7. The lowest BCUT2D eigenvalue weighted by molar-refractivity contribution is 0.558. The van der Waals surface area contributed by atoms with Crippen LogP contribution in [0.2, 0.25) is 0 Å². The van der Waals surface area contributed by atoms with Crippen molar-refractivity contribution in [1.82, 2.24) is 0 Å². The summed E-state index contributed by atoms with van der Waals surface area (Å²) in [5, 5.41) is 2.89. The van der Waals surface area contributed by atoms with E-state index in [0.717, 1.165) is 25.0 Å². The molecule has 0 fully saturated rings. The Hall–Kier alpha value is -0.880. The first kappa shape index (κ1) is 17.2. The maximum atomic E-state index is 13.9. The van der Waals surface area contributed by atoms with Crippen LogP contribution in [0.15, 0.2) is 12.1 Å². The number of halogens is 2. The molecule has 0 bridgehead atoms. The molecule has 1 rings (SSSR count). The van der Waals surface area contributed by atoms with Crippen molar-refractivity contribution in [2.75, 3.05) is 18.1 Å². The standard InChI is InChI=1S/C14H20F2N2S2/c1-4-14(5-2,20-3)8-18-12-10(15)6-9(13(17)19)7-11(12)16/h6-7,18H,4-5,8H2,1-3H3,(H2,17,19). The molecule has 0 radical (unpaired) electrons. The van der Waals surface area contributed by atoms with E-state index in [2.05, 4.69) is 19.2 Å². The summed E-state index contributed by atoms with van der Waals surface area (Å²) < 4.78 is 27.8. The predicted molar refractivity (Wildman–Crippen MR) is 87.6 cm³/mol. The molecule has 0 aliphatic heterocycles. The molecule has 0 heterocycles. The smallest absolute Gasteiger partial charge is 0.150 e. The predicted octanol–water partition coefficient (Wildman–Crippen LogP) is 3.93. The summed E-state index contributed by atoms with van der Waals surface area (Å²) in [6.45, 7) is 4.65. The van der Waals surface area contributed by atoms with Crippen LogP contribution in [0.5, 0.6) is 0 Å². The van der Waals surface area contributed by atoms with E-state index in [9.17, 15) is 8.78 Å². The molecule has 0 spiro atoms. The molecule has 1 aromatic carbocycles. The van der Waals surface area contributed by atoms with E-state index in [1.165, 1.54) is 0 Å². The van der Waals surface area contributed by atoms with Crippen molar-refractivity contribution in [1.29, 1.82) is 0 Å². The number of thiocarbonyl (C=S) groups is 1. The zero-order chi connectivity index (χ0) is 15.3. The largest absolute Gasteiger partial charge is 0.389 e. The Labute approximate surface area is 128 Å². The molecule has 0 saturated carbocycles. The van der Waals surface area contributed by atoms with Crippen molar-refractivity contribution in [3.05, 3.63) is 29.3 Å². The topological polar surface area (TPSA) is 38.0 Å². The van der Waals surface area contributed by atoms with E-state index in [-0.39, 0.29) is 21.0 Å². The van der Waals surface area contributed by atoms with Gasteiger partial charge < -0.3 is 11.1 Å². The Balaban J connectivity index is 2.96. The highest BCUT2D eigenvalue weighted by molar-refractivity contribution is 8.00. The molecule has 0 aromatic heterocycles. The molecule has 0 aliphatic carbocycles. The SMILES string of the molecule is CCC(CC)(CNc1c(F)cc(C(N)=S)cc1F)SC. The number of benzene rings is 1. The fraction of sp³-hybridized carbons (Fsp3) is 0.500. The van der Waals surface area contributed by atoms with Gasteiger partial charge in [-0.05, 0) is 31.2 Å². The first-order valence-corrected chi connectivity index (χ1v) is 8.10. The van der Waals surface area contributed by atoms with E-state index in [4.69, 9.17) is 18.0 Å². The molecule has 0 amide bonds. The van der Waals surface area contributed by atoms with Crippen LogP contribution in [0, 0.1) is 11.6 Å². The molecule has 112 valence electrons. The number of anilines is 1. The van der Waals surface area contributed by atoms with Gasteiger partial charge in [0, 0.05) is 16.9 Å². The first-order chi connectivity index (χ1) is 9.39. The number of thioether (sulfide) groups is 1. The third-order valence-corrected chi connectivity index (χ3v) is 5.46. The Morgan fingerprint density at radius 2 is 1.80 bits per heavy atom. The Morgan fingerprint density at radius 1 is 1.30 bits per heavy atom. The zero-order valence-electron chi connectivity index (χ0n) is 11.9. The first-order valence-electron chi connectivity index (χ1n) is 6.47. The van der Waals surface area contributed by atoms with Crippen LogP contribution < -0.4 is 11.1 Å². The van der Waals surface area contributed by atoms with Crippen LogP contribution in [-0.4, -0.2) is 22.5 Å². The van der Waals surface area contributed by atoms with E-state index < -0.39 is 11.6 Å². The maximum Gasteiger partial charge on any atom is 0.150 e. The van der Waals surface area contributed by atoms with Gasteiger partial charge in [0.05, 0.1) is 0 Å². The lowest BCUT2D eigenvalue weighted by atomic mass is 10.0. The lowest BCUT2D eigenvalue weighted by Crippen LogP contribution is -2.32. The normalized spacial score (nSPS) is 11.4. The second kappa shape index (κ2) is 7.22. The molecular formula is C14H20F2N2S2. The number of nitrogens with two attached hydrogens (primary N) is 1. The summed E-state index contributed by atoms with van der Waals surface area (Å²) in [6, 6.07) is 2.32. The third-order valence-electron chi connectivity index (χ3n) is 3.64. The van der Waals surface area contributed by atoms with Gasteiger partial charge in [-0.2, -0.15) is 11.8 Å². The van der Waals surface area contributed by atoms with Gasteiger partial charge >= 0.3 is 0 Å². The van der Waals surface area contributed by atoms with E-state index in [0.29, 0.717) is 6.54 Å². The monoisotopic (exact) mass is 318 g/mol. The molecular weight excluding hydrogens is 298 g/mol. The molecule has 3 N–H and O–H groups in total. The molecule has 2 nitrogen and oxygen atoms in total. The van der Waals surface area contributed by atoms with Gasteiger partial charge in [-0.25, -0.2) is 8.78 Å². The van der Waals surface area contributed by atoms with Crippen molar-refractivity contribution in [3.8, 4) is 0 Å². The summed E-state index contributed by atoms with van der Waals surface area (Å²) in [6.07, 6.45) is 3.86. The highest BCUT2D eigenvalue weighted by Gasteiger charge is 2.25. The highest BCUT2D eigenvalue weighted by Crippen LogP contribution is 2.31. The van der Waals surface area contributed by atoms with Crippen LogP contribution in [0.25, 0.3) is 0 Å². The fourth-order valence-corrected chi connectivity index (χ4v) is 2.91.